The summed E-state index contributed by atoms with van der Waals surface area (Å²) in [6.45, 7) is 1.37. The van der Waals surface area contributed by atoms with E-state index in [1.807, 2.05) is 30.5 Å². The van der Waals surface area contributed by atoms with Crippen LogP contribution in [0.3, 0.4) is 0 Å². The number of sulfone groups is 1. The van der Waals surface area contributed by atoms with Crippen molar-refractivity contribution in [2.45, 2.75) is 22.9 Å². The number of hydrogen-bond donors (Lipinski definition) is 0. The molecule has 0 fully saturated rings. The molecule has 1 aliphatic heterocycles. The molecule has 0 amide bonds. The van der Waals surface area contributed by atoms with Crippen LogP contribution in [0.5, 0.6) is 5.75 Å². The molecule has 3 aromatic rings. The summed E-state index contributed by atoms with van der Waals surface area (Å²) in [6.07, 6.45) is 5.74. The predicted octanol–water partition coefficient (Wildman–Crippen LogP) is 4.11. The highest BCUT2D eigenvalue weighted by Crippen LogP contribution is 2.26. The summed E-state index contributed by atoms with van der Waals surface area (Å²) in [7, 11) is -2.06. The van der Waals surface area contributed by atoms with Crippen molar-refractivity contribution in [3.63, 3.8) is 0 Å². The van der Waals surface area contributed by atoms with Gasteiger partial charge in [-0.2, -0.15) is 0 Å². The van der Waals surface area contributed by atoms with E-state index in [0.29, 0.717) is 18.8 Å². The minimum Gasteiger partial charge on any atom is -0.497 e. The molecule has 2 heterocycles. The van der Waals surface area contributed by atoms with Gasteiger partial charge in [-0.05, 0) is 48.0 Å². The number of fused-ring (bicyclic) bond motifs is 1. The predicted molar refractivity (Wildman–Crippen MR) is 102 cm³/mol. The smallest absolute Gasteiger partial charge is 0.206 e. The van der Waals surface area contributed by atoms with Crippen LogP contribution in [0, 0.1) is 0 Å². The molecule has 0 saturated carbocycles. The standard InChI is InChI=1S/C21H19NO4S/c1-25-18-3-2-4-20(13-18)27(23,24)19-7-5-16(6-8-19)14-22-11-9-17-10-12-26-21(17)15-22/h2-13H,14-15H2,1H3. The van der Waals surface area contributed by atoms with Gasteiger partial charge >= 0.3 is 0 Å². The Labute approximate surface area is 158 Å². The second-order valence-electron chi connectivity index (χ2n) is 6.35. The molecule has 5 nitrogen and oxygen atoms in total. The van der Waals surface area contributed by atoms with Crippen molar-refractivity contribution in [1.29, 1.82) is 0 Å². The molecule has 27 heavy (non-hydrogen) atoms. The first-order chi connectivity index (χ1) is 13.1. The van der Waals surface area contributed by atoms with Gasteiger partial charge in [0.05, 0.1) is 29.7 Å². The Morgan fingerprint density at radius 3 is 2.67 bits per heavy atom. The second kappa shape index (κ2) is 6.96. The zero-order valence-corrected chi connectivity index (χ0v) is 15.6. The minimum atomic E-state index is -3.58. The molecule has 4 rings (SSSR count). The molecule has 0 unspecified atom stereocenters. The summed E-state index contributed by atoms with van der Waals surface area (Å²) < 4.78 is 36.2. The van der Waals surface area contributed by atoms with Crippen LogP contribution in [0.25, 0.3) is 6.08 Å². The van der Waals surface area contributed by atoms with E-state index in [2.05, 4.69) is 4.90 Å². The van der Waals surface area contributed by atoms with Crippen LogP contribution in [0.15, 0.2) is 81.3 Å². The maximum atomic E-state index is 12.8. The van der Waals surface area contributed by atoms with Gasteiger partial charge in [-0.3, -0.25) is 0 Å². The van der Waals surface area contributed by atoms with Crippen molar-refractivity contribution < 1.29 is 17.6 Å². The maximum absolute atomic E-state index is 12.8. The summed E-state index contributed by atoms with van der Waals surface area (Å²) in [5.74, 6) is 1.46. The Bertz CT molecular complexity index is 1080. The minimum absolute atomic E-state index is 0.221. The number of hydrogen-bond acceptors (Lipinski definition) is 5. The fraction of sp³-hybridized carbons (Fsp3) is 0.143. The monoisotopic (exact) mass is 381 g/mol. The van der Waals surface area contributed by atoms with Gasteiger partial charge in [-0.25, -0.2) is 8.42 Å². The van der Waals surface area contributed by atoms with Crippen molar-refractivity contribution in [2.24, 2.45) is 0 Å². The molecule has 0 atom stereocenters. The molecule has 2 aromatic carbocycles. The summed E-state index contributed by atoms with van der Waals surface area (Å²) in [4.78, 5) is 2.61. The first-order valence-electron chi connectivity index (χ1n) is 8.53. The number of nitrogens with zero attached hydrogens (tertiary/aromatic N) is 1. The Kier molecular flexibility index (Phi) is 4.49. The van der Waals surface area contributed by atoms with Crippen molar-refractivity contribution in [3.8, 4) is 5.75 Å². The largest absolute Gasteiger partial charge is 0.497 e. The maximum Gasteiger partial charge on any atom is 0.206 e. The molecule has 0 spiro atoms. The van der Waals surface area contributed by atoms with Crippen LogP contribution >= 0.6 is 0 Å². The van der Waals surface area contributed by atoms with Gasteiger partial charge in [0.15, 0.2) is 0 Å². The highest BCUT2D eigenvalue weighted by atomic mass is 32.2. The lowest BCUT2D eigenvalue weighted by molar-refractivity contribution is 0.319. The first kappa shape index (κ1) is 17.4. The molecule has 0 radical (unpaired) electrons. The van der Waals surface area contributed by atoms with Crippen LogP contribution in [-0.2, 0) is 22.9 Å². The lowest BCUT2D eigenvalue weighted by Crippen LogP contribution is -2.18. The lowest BCUT2D eigenvalue weighted by atomic mass is 10.1. The van der Waals surface area contributed by atoms with E-state index in [4.69, 9.17) is 9.15 Å². The van der Waals surface area contributed by atoms with Crippen molar-refractivity contribution in [2.75, 3.05) is 7.11 Å². The zero-order chi connectivity index (χ0) is 18.9. The second-order valence-corrected chi connectivity index (χ2v) is 8.30. The van der Waals surface area contributed by atoms with Crippen LogP contribution in [-0.4, -0.2) is 20.4 Å². The average Bonchev–Trinajstić information content (AvgIpc) is 3.16. The quantitative estimate of drug-likeness (QED) is 0.666. The Morgan fingerprint density at radius 1 is 1.07 bits per heavy atom. The average molecular weight is 381 g/mol. The van der Waals surface area contributed by atoms with Gasteiger partial charge in [0.1, 0.15) is 11.5 Å². The van der Waals surface area contributed by atoms with Gasteiger partial charge in [-0.15, -0.1) is 0 Å². The fourth-order valence-electron chi connectivity index (χ4n) is 3.07. The Hall–Kier alpha value is -2.99. The SMILES string of the molecule is COc1cccc(S(=O)(=O)c2ccc(CN3C=Cc4ccoc4C3)cc2)c1. The van der Waals surface area contributed by atoms with Gasteiger partial charge in [0, 0.05) is 18.3 Å². The molecule has 6 heteroatoms. The molecule has 0 aliphatic carbocycles. The van der Waals surface area contributed by atoms with E-state index < -0.39 is 9.84 Å². The van der Waals surface area contributed by atoms with Gasteiger partial charge < -0.3 is 14.1 Å². The van der Waals surface area contributed by atoms with Crippen LogP contribution in [0.1, 0.15) is 16.9 Å². The normalized spacial score (nSPS) is 13.4. The lowest BCUT2D eigenvalue weighted by Gasteiger charge is -2.22. The number of rotatable bonds is 5. The first-order valence-corrected chi connectivity index (χ1v) is 10.0. The number of ether oxygens (including phenoxy) is 1. The van der Waals surface area contributed by atoms with Gasteiger partial charge in [-0.1, -0.05) is 18.2 Å². The summed E-state index contributed by atoms with van der Waals surface area (Å²) in [6, 6.07) is 15.4. The highest BCUT2D eigenvalue weighted by molar-refractivity contribution is 7.91. The van der Waals surface area contributed by atoms with E-state index in [-0.39, 0.29) is 9.79 Å². The van der Waals surface area contributed by atoms with E-state index in [1.165, 1.54) is 13.2 Å². The van der Waals surface area contributed by atoms with Crippen molar-refractivity contribution in [1.82, 2.24) is 4.90 Å². The van der Waals surface area contributed by atoms with Gasteiger partial charge in [0.2, 0.25) is 9.84 Å². The third-order valence-electron chi connectivity index (χ3n) is 4.56. The molecule has 1 aromatic heterocycles. The Morgan fingerprint density at radius 2 is 1.89 bits per heavy atom. The van der Waals surface area contributed by atoms with E-state index >= 15 is 0 Å². The molecule has 0 bridgehead atoms. The highest BCUT2D eigenvalue weighted by Gasteiger charge is 2.19. The number of furan rings is 1. The zero-order valence-electron chi connectivity index (χ0n) is 14.8. The molecule has 0 saturated heterocycles. The summed E-state index contributed by atoms with van der Waals surface area (Å²) in [5, 5.41) is 0. The number of methoxy groups -OCH3 is 1. The van der Waals surface area contributed by atoms with E-state index in [0.717, 1.165) is 16.9 Å². The van der Waals surface area contributed by atoms with Crippen LogP contribution < -0.4 is 4.74 Å². The summed E-state index contributed by atoms with van der Waals surface area (Å²) >= 11 is 0. The van der Waals surface area contributed by atoms with Crippen molar-refractivity contribution >= 4 is 15.9 Å². The third-order valence-corrected chi connectivity index (χ3v) is 6.33. The summed E-state index contributed by atoms with van der Waals surface area (Å²) in [5.41, 5.74) is 2.13. The van der Waals surface area contributed by atoms with E-state index in [9.17, 15) is 8.42 Å². The van der Waals surface area contributed by atoms with Crippen LogP contribution in [0.2, 0.25) is 0 Å². The van der Waals surface area contributed by atoms with Gasteiger partial charge in [0.25, 0.3) is 0 Å². The van der Waals surface area contributed by atoms with E-state index in [1.54, 1.807) is 36.6 Å². The number of benzene rings is 2. The molecule has 1 aliphatic rings. The molecule has 0 N–H and O–H groups in total. The fourth-order valence-corrected chi connectivity index (χ4v) is 4.37. The molecular weight excluding hydrogens is 362 g/mol. The molecule has 138 valence electrons. The Balaban J connectivity index is 1.52. The van der Waals surface area contributed by atoms with Crippen LogP contribution in [0.4, 0.5) is 0 Å². The topological polar surface area (TPSA) is 59.8 Å². The van der Waals surface area contributed by atoms with Crippen molar-refractivity contribution in [3.05, 3.63) is 83.9 Å². The molecular formula is C21H19NO4S. The third kappa shape index (κ3) is 3.48.